The van der Waals surface area contributed by atoms with Gasteiger partial charge in [-0.25, -0.2) is 4.39 Å². The van der Waals surface area contributed by atoms with Crippen molar-refractivity contribution in [2.75, 3.05) is 7.11 Å². The minimum Gasteiger partial charge on any atom is -0.461 e. The molecule has 4 rings (SSSR count). The van der Waals surface area contributed by atoms with E-state index in [4.69, 9.17) is 9.47 Å². The van der Waals surface area contributed by atoms with Gasteiger partial charge in [-0.05, 0) is 86.7 Å². The van der Waals surface area contributed by atoms with Gasteiger partial charge in [0.1, 0.15) is 11.9 Å². The third-order valence-electron chi connectivity index (χ3n) is 7.28. The second-order valence-corrected chi connectivity index (χ2v) is 8.80. The summed E-state index contributed by atoms with van der Waals surface area (Å²) in [6, 6.07) is 5.70. The van der Waals surface area contributed by atoms with Gasteiger partial charge in [-0.15, -0.1) is 0 Å². The normalized spacial score (nSPS) is 34.0. The average molecular weight is 374 g/mol. The number of halogens is 1. The summed E-state index contributed by atoms with van der Waals surface area (Å²) in [5.74, 6) is 2.60. The van der Waals surface area contributed by atoms with Crippen LogP contribution in [-0.4, -0.2) is 19.2 Å². The summed E-state index contributed by atoms with van der Waals surface area (Å²) in [6.45, 7) is 0.335. The number of ether oxygens (including phenoxy) is 2. The van der Waals surface area contributed by atoms with E-state index in [1.165, 1.54) is 51.4 Å². The van der Waals surface area contributed by atoms with Crippen molar-refractivity contribution in [1.29, 1.82) is 0 Å². The Morgan fingerprint density at radius 3 is 2.15 bits per heavy atom. The molecule has 4 heteroatoms. The van der Waals surface area contributed by atoms with Crippen LogP contribution in [0.15, 0.2) is 18.2 Å². The number of cyclic esters (lactones) is 1. The van der Waals surface area contributed by atoms with Crippen molar-refractivity contribution in [2.24, 2.45) is 17.8 Å². The minimum atomic E-state index is -0.133. The molecule has 1 aromatic carbocycles. The molecule has 1 aromatic rings. The summed E-state index contributed by atoms with van der Waals surface area (Å²) in [5.41, 5.74) is 1.80. The van der Waals surface area contributed by atoms with Crippen molar-refractivity contribution in [3.63, 3.8) is 0 Å². The molecule has 0 spiro atoms. The predicted octanol–water partition coefficient (Wildman–Crippen LogP) is 5.37. The fourth-order valence-corrected chi connectivity index (χ4v) is 5.59. The fourth-order valence-electron chi connectivity index (χ4n) is 5.59. The number of hydrogen-bond donors (Lipinski definition) is 0. The molecule has 0 bridgehead atoms. The van der Waals surface area contributed by atoms with E-state index in [1.54, 1.807) is 13.2 Å². The molecule has 1 saturated heterocycles. The Balaban J connectivity index is 1.26. The Morgan fingerprint density at radius 2 is 1.59 bits per heavy atom. The molecule has 0 N–H and O–H groups in total. The first kappa shape index (κ1) is 18.9. The van der Waals surface area contributed by atoms with Crippen LogP contribution in [0.3, 0.4) is 0 Å². The van der Waals surface area contributed by atoms with Crippen LogP contribution < -0.4 is 0 Å². The minimum absolute atomic E-state index is 0.0212. The number of methoxy groups -OCH3 is 1. The van der Waals surface area contributed by atoms with E-state index in [2.05, 4.69) is 6.07 Å². The highest BCUT2D eigenvalue weighted by atomic mass is 19.1. The van der Waals surface area contributed by atoms with Gasteiger partial charge >= 0.3 is 5.97 Å². The molecule has 27 heavy (non-hydrogen) atoms. The summed E-state index contributed by atoms with van der Waals surface area (Å²) in [5, 5.41) is 0. The van der Waals surface area contributed by atoms with Gasteiger partial charge in [0.2, 0.25) is 0 Å². The van der Waals surface area contributed by atoms with Crippen molar-refractivity contribution in [3.05, 3.63) is 35.1 Å². The zero-order valence-corrected chi connectivity index (χ0v) is 16.3. The fraction of sp³-hybridized carbons (Fsp3) is 0.696. The van der Waals surface area contributed by atoms with Crippen LogP contribution in [0.1, 0.15) is 74.8 Å². The molecule has 1 heterocycles. The Morgan fingerprint density at radius 1 is 1.00 bits per heavy atom. The van der Waals surface area contributed by atoms with Gasteiger partial charge in [0, 0.05) is 12.7 Å². The zero-order chi connectivity index (χ0) is 18.8. The molecule has 1 aliphatic heterocycles. The van der Waals surface area contributed by atoms with Gasteiger partial charge in [-0.3, -0.25) is 4.79 Å². The quantitative estimate of drug-likeness (QED) is 0.650. The van der Waals surface area contributed by atoms with Crippen LogP contribution in [0.2, 0.25) is 0 Å². The predicted molar refractivity (Wildman–Crippen MR) is 102 cm³/mol. The van der Waals surface area contributed by atoms with Crippen LogP contribution in [0.25, 0.3) is 0 Å². The highest BCUT2D eigenvalue weighted by Crippen LogP contribution is 2.45. The van der Waals surface area contributed by atoms with Crippen molar-refractivity contribution >= 4 is 5.97 Å². The van der Waals surface area contributed by atoms with Gasteiger partial charge in [-0.1, -0.05) is 12.1 Å². The van der Waals surface area contributed by atoms with Gasteiger partial charge in [0.15, 0.2) is 0 Å². The number of benzene rings is 1. The standard InChI is InChI=1S/C23H31FO3/c1-26-14-20-11-10-19(12-21(20)24)17-4-2-15(3-5-17)16-6-8-18(9-7-16)22-13-23(25)27-22/h10-12,15-18,22H,2-9,13-14H2,1H3. The number of esters is 1. The van der Waals surface area contributed by atoms with Gasteiger partial charge < -0.3 is 9.47 Å². The van der Waals surface area contributed by atoms with Crippen molar-refractivity contribution in [2.45, 2.75) is 76.4 Å². The first-order valence-electron chi connectivity index (χ1n) is 10.6. The molecule has 3 nitrogen and oxygen atoms in total. The second kappa shape index (κ2) is 8.30. The SMILES string of the molecule is COCc1ccc(C2CCC(C3CCC(C4CC(=O)O4)CC3)CC2)cc1F. The Hall–Kier alpha value is -1.42. The molecular weight excluding hydrogens is 343 g/mol. The van der Waals surface area contributed by atoms with E-state index in [0.717, 1.165) is 17.4 Å². The molecule has 0 amide bonds. The molecule has 148 valence electrons. The number of hydrogen-bond acceptors (Lipinski definition) is 3. The number of rotatable bonds is 5. The summed E-state index contributed by atoms with van der Waals surface area (Å²) >= 11 is 0. The lowest BCUT2D eigenvalue weighted by Gasteiger charge is -2.41. The first-order valence-corrected chi connectivity index (χ1v) is 10.6. The molecule has 1 unspecified atom stereocenters. The van der Waals surface area contributed by atoms with E-state index in [-0.39, 0.29) is 17.9 Å². The van der Waals surface area contributed by atoms with E-state index < -0.39 is 0 Å². The zero-order valence-electron chi connectivity index (χ0n) is 16.3. The van der Waals surface area contributed by atoms with E-state index in [1.807, 2.05) is 6.07 Å². The second-order valence-electron chi connectivity index (χ2n) is 8.80. The van der Waals surface area contributed by atoms with Crippen LogP contribution in [-0.2, 0) is 20.9 Å². The maximum atomic E-state index is 14.2. The molecule has 3 fully saturated rings. The molecule has 1 atom stereocenters. The summed E-state index contributed by atoms with van der Waals surface area (Å²) in [6.07, 6.45) is 10.7. The van der Waals surface area contributed by atoms with E-state index in [0.29, 0.717) is 30.4 Å². The smallest absolute Gasteiger partial charge is 0.309 e. The lowest BCUT2D eigenvalue weighted by molar-refractivity contribution is -0.176. The van der Waals surface area contributed by atoms with Crippen LogP contribution in [0.4, 0.5) is 4.39 Å². The van der Waals surface area contributed by atoms with E-state index >= 15 is 0 Å². The van der Waals surface area contributed by atoms with Crippen molar-refractivity contribution < 1.29 is 18.7 Å². The van der Waals surface area contributed by atoms with Crippen LogP contribution in [0.5, 0.6) is 0 Å². The molecule has 3 aliphatic rings. The highest BCUT2D eigenvalue weighted by Gasteiger charge is 2.39. The molecule has 0 aromatic heterocycles. The Bertz CT molecular complexity index is 650. The first-order chi connectivity index (χ1) is 13.1. The van der Waals surface area contributed by atoms with Crippen molar-refractivity contribution in [3.8, 4) is 0 Å². The topological polar surface area (TPSA) is 35.5 Å². The van der Waals surface area contributed by atoms with Crippen molar-refractivity contribution in [1.82, 2.24) is 0 Å². The highest BCUT2D eigenvalue weighted by molar-refractivity contribution is 5.75. The largest absolute Gasteiger partial charge is 0.461 e. The lowest BCUT2D eigenvalue weighted by atomic mass is 9.67. The third-order valence-corrected chi connectivity index (χ3v) is 7.28. The Kier molecular flexibility index (Phi) is 5.82. The van der Waals surface area contributed by atoms with Gasteiger partial charge in [0.25, 0.3) is 0 Å². The number of carbonyl (C=O) groups excluding carboxylic acids is 1. The van der Waals surface area contributed by atoms with E-state index in [9.17, 15) is 9.18 Å². The monoisotopic (exact) mass is 374 g/mol. The van der Waals surface area contributed by atoms with Gasteiger partial charge in [-0.2, -0.15) is 0 Å². The summed E-state index contributed by atoms with van der Waals surface area (Å²) in [7, 11) is 1.60. The molecule has 2 saturated carbocycles. The van der Waals surface area contributed by atoms with Crippen LogP contribution >= 0.6 is 0 Å². The van der Waals surface area contributed by atoms with Gasteiger partial charge in [0.05, 0.1) is 13.0 Å². The number of carbonyl (C=O) groups is 1. The maximum absolute atomic E-state index is 14.2. The lowest BCUT2D eigenvalue weighted by Crippen LogP contribution is -2.41. The Labute approximate surface area is 161 Å². The summed E-state index contributed by atoms with van der Waals surface area (Å²) < 4.78 is 24.5. The maximum Gasteiger partial charge on any atom is 0.309 e. The molecule has 0 radical (unpaired) electrons. The summed E-state index contributed by atoms with van der Waals surface area (Å²) in [4.78, 5) is 11.0. The van der Waals surface area contributed by atoms with Crippen LogP contribution in [0, 0.1) is 23.6 Å². The average Bonchev–Trinajstić information content (AvgIpc) is 2.68. The molecule has 2 aliphatic carbocycles. The molecular formula is C23H31FO3. The third kappa shape index (κ3) is 4.21.